The van der Waals surface area contributed by atoms with E-state index in [0.29, 0.717) is 6.42 Å². The third-order valence-electron chi connectivity index (χ3n) is 1.88. The molecule has 0 bridgehead atoms. The van der Waals surface area contributed by atoms with E-state index in [4.69, 9.17) is 0 Å². The molecule has 13 heavy (non-hydrogen) atoms. The van der Waals surface area contributed by atoms with E-state index in [1.165, 1.54) is 11.1 Å². The fourth-order valence-corrected chi connectivity index (χ4v) is 0.918. The van der Waals surface area contributed by atoms with Gasteiger partial charge in [-0.25, -0.2) is 0 Å². The molecule has 0 heterocycles. The van der Waals surface area contributed by atoms with Crippen molar-refractivity contribution in [2.45, 2.75) is 33.1 Å². The molecule has 0 amide bonds. The van der Waals surface area contributed by atoms with Crippen LogP contribution in [0.2, 0.25) is 0 Å². The molecule has 0 spiro atoms. The highest BCUT2D eigenvalue weighted by molar-refractivity contribution is 5.49. The summed E-state index contributed by atoms with van der Waals surface area (Å²) in [6.45, 7) is 7.76. The van der Waals surface area contributed by atoms with E-state index in [2.05, 4.69) is 25.7 Å². The fraction of sp³-hybridized carbons (Fsp3) is 0.417. The van der Waals surface area contributed by atoms with Gasteiger partial charge in [-0.2, -0.15) is 0 Å². The minimum Gasteiger partial charge on any atom is -0.303 e. The van der Waals surface area contributed by atoms with Crippen molar-refractivity contribution in [1.29, 1.82) is 0 Å². The van der Waals surface area contributed by atoms with E-state index in [1.807, 2.05) is 13.0 Å². The molecule has 0 saturated heterocycles. The Hall–Kier alpha value is -1.11. The molecule has 0 aromatic carbocycles. The van der Waals surface area contributed by atoms with E-state index in [-0.39, 0.29) is 0 Å². The molecule has 0 radical (unpaired) electrons. The smallest absolute Gasteiger partial charge is 0.120 e. The van der Waals surface area contributed by atoms with Gasteiger partial charge in [0.25, 0.3) is 0 Å². The van der Waals surface area contributed by atoms with Crippen molar-refractivity contribution in [2.75, 3.05) is 0 Å². The van der Waals surface area contributed by atoms with Gasteiger partial charge in [0, 0.05) is 6.42 Å². The number of hydrogen-bond acceptors (Lipinski definition) is 1. The van der Waals surface area contributed by atoms with Crippen LogP contribution in [-0.2, 0) is 4.79 Å². The van der Waals surface area contributed by atoms with Gasteiger partial charge >= 0.3 is 0 Å². The molecule has 0 rings (SSSR count). The van der Waals surface area contributed by atoms with Gasteiger partial charge in [-0.1, -0.05) is 36.0 Å². The number of aldehydes is 1. The highest BCUT2D eigenvalue weighted by Crippen LogP contribution is 2.05. The maximum atomic E-state index is 10.1. The molecule has 0 fully saturated rings. The topological polar surface area (TPSA) is 17.1 Å². The first-order chi connectivity index (χ1) is 6.20. The van der Waals surface area contributed by atoms with Crippen molar-refractivity contribution < 1.29 is 4.79 Å². The zero-order valence-electron chi connectivity index (χ0n) is 8.55. The van der Waals surface area contributed by atoms with Gasteiger partial charge < -0.3 is 4.79 Å². The summed E-state index contributed by atoms with van der Waals surface area (Å²) < 4.78 is 0. The molecule has 0 N–H and O–H groups in total. The predicted octanol–water partition coefficient (Wildman–Crippen LogP) is 3.43. The monoisotopic (exact) mass is 178 g/mol. The lowest BCUT2D eigenvalue weighted by atomic mass is 10.1. The Morgan fingerprint density at radius 2 is 2.00 bits per heavy atom. The number of hydrogen-bond donors (Lipinski definition) is 0. The SMILES string of the molecule is C=CC(C)=CCC=C(C)CCC=O. The van der Waals surface area contributed by atoms with E-state index in [9.17, 15) is 4.79 Å². The van der Waals surface area contributed by atoms with Crippen molar-refractivity contribution in [3.8, 4) is 0 Å². The Balaban J connectivity index is 3.82. The van der Waals surface area contributed by atoms with Crippen LogP contribution in [0.15, 0.2) is 36.0 Å². The van der Waals surface area contributed by atoms with E-state index < -0.39 is 0 Å². The van der Waals surface area contributed by atoms with Gasteiger partial charge in [0.05, 0.1) is 0 Å². The third kappa shape index (κ3) is 7.26. The third-order valence-corrected chi connectivity index (χ3v) is 1.88. The summed E-state index contributed by atoms with van der Waals surface area (Å²) >= 11 is 0. The first-order valence-corrected chi connectivity index (χ1v) is 4.59. The second-order valence-electron chi connectivity index (χ2n) is 3.14. The van der Waals surface area contributed by atoms with Crippen LogP contribution in [0.25, 0.3) is 0 Å². The summed E-state index contributed by atoms with van der Waals surface area (Å²) in [6.07, 6.45) is 9.52. The Kier molecular flexibility index (Phi) is 6.89. The molecule has 1 nitrogen and oxygen atoms in total. The normalized spacial score (nSPS) is 12.8. The minimum atomic E-state index is 0.631. The Morgan fingerprint density at radius 3 is 2.54 bits per heavy atom. The quantitative estimate of drug-likeness (QED) is 0.346. The first kappa shape index (κ1) is 11.9. The van der Waals surface area contributed by atoms with Crippen LogP contribution in [0.4, 0.5) is 0 Å². The standard InChI is InChI=1S/C12H18O/c1-4-11(2)7-5-8-12(3)9-6-10-13/h4,7-8,10H,1,5-6,9H2,2-3H3. The number of rotatable bonds is 6. The Labute approximate surface area is 80.8 Å². The summed E-state index contributed by atoms with van der Waals surface area (Å²) in [5.41, 5.74) is 2.47. The molecule has 0 atom stereocenters. The van der Waals surface area contributed by atoms with E-state index in [0.717, 1.165) is 19.1 Å². The van der Waals surface area contributed by atoms with Crippen molar-refractivity contribution >= 4 is 6.29 Å². The summed E-state index contributed by atoms with van der Waals surface area (Å²) in [6, 6.07) is 0. The predicted molar refractivity (Wildman–Crippen MR) is 57.6 cm³/mol. The maximum absolute atomic E-state index is 10.1. The van der Waals surface area contributed by atoms with Crippen LogP contribution in [0.1, 0.15) is 33.1 Å². The number of allylic oxidation sites excluding steroid dienone is 5. The lowest BCUT2D eigenvalue weighted by Gasteiger charge is -1.95. The molecular formula is C12H18O. The molecule has 1 heteroatoms. The van der Waals surface area contributed by atoms with Crippen molar-refractivity contribution in [3.05, 3.63) is 36.0 Å². The number of carbonyl (C=O) groups excluding carboxylic acids is 1. The summed E-state index contributed by atoms with van der Waals surface area (Å²) in [4.78, 5) is 10.1. The summed E-state index contributed by atoms with van der Waals surface area (Å²) in [7, 11) is 0. The molecular weight excluding hydrogens is 160 g/mol. The molecule has 0 aromatic heterocycles. The molecule has 72 valence electrons. The molecule has 0 saturated carbocycles. The van der Waals surface area contributed by atoms with Crippen LogP contribution < -0.4 is 0 Å². The van der Waals surface area contributed by atoms with Crippen LogP contribution in [0.5, 0.6) is 0 Å². The zero-order chi connectivity index (χ0) is 10.1. The molecule has 0 aliphatic carbocycles. The maximum Gasteiger partial charge on any atom is 0.120 e. The van der Waals surface area contributed by atoms with E-state index in [1.54, 1.807) is 0 Å². The van der Waals surface area contributed by atoms with E-state index >= 15 is 0 Å². The van der Waals surface area contributed by atoms with Gasteiger partial charge in [0.15, 0.2) is 0 Å². The van der Waals surface area contributed by atoms with Crippen LogP contribution in [0, 0.1) is 0 Å². The van der Waals surface area contributed by atoms with Gasteiger partial charge in [0.2, 0.25) is 0 Å². The summed E-state index contributed by atoms with van der Waals surface area (Å²) in [5.74, 6) is 0. The van der Waals surface area contributed by atoms with Crippen LogP contribution in [-0.4, -0.2) is 6.29 Å². The second-order valence-corrected chi connectivity index (χ2v) is 3.14. The Bertz CT molecular complexity index is 221. The molecule has 0 aliphatic heterocycles. The first-order valence-electron chi connectivity index (χ1n) is 4.59. The van der Waals surface area contributed by atoms with Crippen LogP contribution in [0.3, 0.4) is 0 Å². The zero-order valence-corrected chi connectivity index (χ0v) is 8.55. The van der Waals surface area contributed by atoms with Gasteiger partial charge in [0.1, 0.15) is 6.29 Å². The van der Waals surface area contributed by atoms with Gasteiger partial charge in [-0.05, 0) is 26.7 Å². The largest absolute Gasteiger partial charge is 0.303 e. The van der Waals surface area contributed by atoms with Crippen LogP contribution >= 0.6 is 0 Å². The highest BCUT2D eigenvalue weighted by Gasteiger charge is 1.87. The van der Waals surface area contributed by atoms with Gasteiger partial charge in [-0.15, -0.1) is 0 Å². The average molecular weight is 178 g/mol. The average Bonchev–Trinajstić information content (AvgIpc) is 2.14. The lowest BCUT2D eigenvalue weighted by Crippen LogP contribution is -1.79. The van der Waals surface area contributed by atoms with Crippen molar-refractivity contribution in [1.82, 2.24) is 0 Å². The van der Waals surface area contributed by atoms with Crippen molar-refractivity contribution in [2.24, 2.45) is 0 Å². The molecule has 0 aliphatic rings. The lowest BCUT2D eigenvalue weighted by molar-refractivity contribution is -0.107. The minimum absolute atomic E-state index is 0.631. The summed E-state index contributed by atoms with van der Waals surface area (Å²) in [5, 5.41) is 0. The molecule has 0 unspecified atom stereocenters. The second kappa shape index (κ2) is 7.53. The Morgan fingerprint density at radius 1 is 1.31 bits per heavy atom. The number of carbonyl (C=O) groups is 1. The molecule has 0 aromatic rings. The fourth-order valence-electron chi connectivity index (χ4n) is 0.918. The van der Waals surface area contributed by atoms with Crippen molar-refractivity contribution in [3.63, 3.8) is 0 Å². The highest BCUT2D eigenvalue weighted by atomic mass is 16.1. The van der Waals surface area contributed by atoms with Gasteiger partial charge in [-0.3, -0.25) is 0 Å².